The van der Waals surface area contributed by atoms with E-state index in [4.69, 9.17) is 4.42 Å². The Bertz CT molecular complexity index is 901. The summed E-state index contributed by atoms with van der Waals surface area (Å²) in [5.41, 5.74) is 2.51. The van der Waals surface area contributed by atoms with Gasteiger partial charge in [-0.1, -0.05) is 6.07 Å². The third kappa shape index (κ3) is 4.07. The lowest BCUT2D eigenvalue weighted by atomic mass is 9.92. The summed E-state index contributed by atoms with van der Waals surface area (Å²) in [5.74, 6) is 1.21. The first-order chi connectivity index (χ1) is 13.0. The first-order valence-electron chi connectivity index (χ1n) is 9.66. The molecule has 1 aromatic heterocycles. The van der Waals surface area contributed by atoms with Gasteiger partial charge in [-0.2, -0.15) is 4.31 Å². The summed E-state index contributed by atoms with van der Waals surface area (Å²) in [5, 5.41) is 7.85. The van der Waals surface area contributed by atoms with Gasteiger partial charge in [-0.3, -0.25) is 0 Å². The number of fused-ring (bicyclic) bond motifs is 1. The lowest BCUT2D eigenvalue weighted by Gasteiger charge is -2.33. The average molecular weight is 391 g/mol. The quantitative estimate of drug-likeness (QED) is 0.775. The van der Waals surface area contributed by atoms with Crippen molar-refractivity contribution in [2.24, 2.45) is 0 Å². The third-order valence-corrected chi connectivity index (χ3v) is 7.39. The Balaban J connectivity index is 1.36. The second kappa shape index (κ2) is 7.69. The predicted octanol–water partition coefficient (Wildman–Crippen LogP) is 1.81. The van der Waals surface area contributed by atoms with E-state index < -0.39 is 10.0 Å². The van der Waals surface area contributed by atoms with E-state index in [1.807, 2.05) is 12.1 Å². The van der Waals surface area contributed by atoms with Crippen molar-refractivity contribution in [2.45, 2.75) is 43.9 Å². The van der Waals surface area contributed by atoms with E-state index in [1.165, 1.54) is 17.5 Å². The molecule has 1 fully saturated rings. The number of rotatable bonds is 5. The van der Waals surface area contributed by atoms with Crippen LogP contribution in [0.4, 0.5) is 0 Å². The fourth-order valence-corrected chi connectivity index (χ4v) is 5.38. The van der Waals surface area contributed by atoms with Crippen molar-refractivity contribution in [2.75, 3.05) is 32.7 Å². The zero-order valence-electron chi connectivity index (χ0n) is 15.7. The number of hydrogen-bond donors (Lipinski definition) is 0. The van der Waals surface area contributed by atoms with E-state index in [9.17, 15) is 8.42 Å². The summed E-state index contributed by atoms with van der Waals surface area (Å²) in [4.78, 5) is 2.69. The topological polar surface area (TPSA) is 79.5 Å². The Labute approximate surface area is 160 Å². The molecule has 0 atom stereocenters. The maximum absolute atomic E-state index is 13.0. The monoisotopic (exact) mass is 390 g/mol. The SMILES string of the molecule is Cc1nnc(CCN2CCN(S(=O)(=O)c3ccc4c(c3)CCCC4)CC2)o1. The first kappa shape index (κ1) is 18.6. The molecule has 0 saturated carbocycles. The van der Waals surface area contributed by atoms with Gasteiger partial charge in [-0.15, -0.1) is 10.2 Å². The summed E-state index contributed by atoms with van der Waals surface area (Å²) in [6.45, 7) is 5.05. The van der Waals surface area contributed by atoms with Gasteiger partial charge in [-0.05, 0) is 48.9 Å². The van der Waals surface area contributed by atoms with Gasteiger partial charge >= 0.3 is 0 Å². The minimum Gasteiger partial charge on any atom is -0.426 e. The number of aromatic nitrogens is 2. The Kier molecular flexibility index (Phi) is 5.29. The van der Waals surface area contributed by atoms with Crippen LogP contribution in [0.3, 0.4) is 0 Å². The van der Waals surface area contributed by atoms with Crippen molar-refractivity contribution in [1.29, 1.82) is 0 Å². The van der Waals surface area contributed by atoms with Crippen LogP contribution in [0.1, 0.15) is 35.7 Å². The van der Waals surface area contributed by atoms with Gasteiger partial charge in [0.25, 0.3) is 0 Å². The fourth-order valence-electron chi connectivity index (χ4n) is 3.91. The largest absolute Gasteiger partial charge is 0.426 e. The zero-order chi connectivity index (χ0) is 18.9. The van der Waals surface area contributed by atoms with Crippen LogP contribution in [0.25, 0.3) is 0 Å². The van der Waals surface area contributed by atoms with E-state index in [0.29, 0.717) is 36.2 Å². The van der Waals surface area contributed by atoms with Gasteiger partial charge in [0.05, 0.1) is 4.90 Å². The molecule has 8 heteroatoms. The number of aryl methyl sites for hydroxylation is 3. The third-order valence-electron chi connectivity index (χ3n) is 5.50. The molecule has 4 rings (SSSR count). The fraction of sp³-hybridized carbons (Fsp3) is 0.579. The molecule has 27 heavy (non-hydrogen) atoms. The van der Waals surface area contributed by atoms with Crippen LogP contribution in [-0.2, 0) is 29.3 Å². The van der Waals surface area contributed by atoms with Crippen molar-refractivity contribution in [1.82, 2.24) is 19.4 Å². The molecule has 1 aromatic carbocycles. The number of nitrogens with zero attached hydrogens (tertiary/aromatic N) is 4. The molecule has 2 aliphatic rings. The zero-order valence-corrected chi connectivity index (χ0v) is 16.5. The molecule has 7 nitrogen and oxygen atoms in total. The van der Waals surface area contributed by atoms with Crippen LogP contribution < -0.4 is 0 Å². The molecule has 0 N–H and O–H groups in total. The standard InChI is InChI=1S/C19H26N4O3S/c1-15-20-21-19(26-15)8-9-22-10-12-23(13-11-22)27(24,25)18-7-6-16-4-2-3-5-17(16)14-18/h6-7,14H,2-5,8-13H2,1H3. The smallest absolute Gasteiger partial charge is 0.243 e. The van der Waals surface area contributed by atoms with Gasteiger partial charge in [0, 0.05) is 46.1 Å². The summed E-state index contributed by atoms with van der Waals surface area (Å²) in [7, 11) is -3.42. The van der Waals surface area contributed by atoms with E-state index in [0.717, 1.165) is 38.9 Å². The van der Waals surface area contributed by atoms with Gasteiger partial charge < -0.3 is 9.32 Å². The van der Waals surface area contributed by atoms with Gasteiger partial charge in [-0.25, -0.2) is 8.42 Å². The first-order valence-corrected chi connectivity index (χ1v) is 11.1. The van der Waals surface area contributed by atoms with Crippen molar-refractivity contribution in [3.8, 4) is 0 Å². The second-order valence-electron chi connectivity index (χ2n) is 7.35. The normalized spacial score (nSPS) is 19.1. The van der Waals surface area contributed by atoms with Gasteiger partial charge in [0.1, 0.15) is 0 Å². The van der Waals surface area contributed by atoms with Crippen LogP contribution in [-0.4, -0.2) is 60.5 Å². The van der Waals surface area contributed by atoms with E-state index in [-0.39, 0.29) is 0 Å². The highest BCUT2D eigenvalue weighted by Gasteiger charge is 2.29. The molecule has 1 saturated heterocycles. The summed E-state index contributed by atoms with van der Waals surface area (Å²) >= 11 is 0. The highest BCUT2D eigenvalue weighted by molar-refractivity contribution is 7.89. The highest BCUT2D eigenvalue weighted by Crippen LogP contribution is 2.26. The minimum absolute atomic E-state index is 0.443. The molecule has 0 unspecified atom stereocenters. The molecule has 0 radical (unpaired) electrons. The molecule has 0 bridgehead atoms. The van der Waals surface area contributed by atoms with Crippen molar-refractivity contribution >= 4 is 10.0 Å². The maximum Gasteiger partial charge on any atom is 0.243 e. The van der Waals surface area contributed by atoms with E-state index >= 15 is 0 Å². The predicted molar refractivity (Wildman–Crippen MR) is 101 cm³/mol. The van der Waals surface area contributed by atoms with E-state index in [1.54, 1.807) is 17.3 Å². The number of piperazine rings is 1. The number of sulfonamides is 1. The Morgan fingerprint density at radius 1 is 1.04 bits per heavy atom. The summed E-state index contributed by atoms with van der Waals surface area (Å²) in [6.07, 6.45) is 5.09. The summed E-state index contributed by atoms with van der Waals surface area (Å²) < 4.78 is 33.1. The molecule has 0 amide bonds. The Hall–Kier alpha value is -1.77. The minimum atomic E-state index is -3.42. The highest BCUT2D eigenvalue weighted by atomic mass is 32.2. The lowest BCUT2D eigenvalue weighted by Crippen LogP contribution is -2.49. The van der Waals surface area contributed by atoms with Crippen LogP contribution >= 0.6 is 0 Å². The molecule has 146 valence electrons. The van der Waals surface area contributed by atoms with Crippen LogP contribution in [0.5, 0.6) is 0 Å². The number of benzene rings is 1. The molecule has 2 aromatic rings. The molecule has 0 spiro atoms. The summed E-state index contributed by atoms with van der Waals surface area (Å²) in [6, 6.07) is 5.68. The average Bonchev–Trinajstić information content (AvgIpc) is 3.11. The number of hydrogen-bond acceptors (Lipinski definition) is 6. The van der Waals surface area contributed by atoms with Crippen molar-refractivity contribution < 1.29 is 12.8 Å². The second-order valence-corrected chi connectivity index (χ2v) is 9.29. The van der Waals surface area contributed by atoms with Gasteiger partial charge in [0.2, 0.25) is 21.8 Å². The maximum atomic E-state index is 13.0. The van der Waals surface area contributed by atoms with Crippen LogP contribution in [0.2, 0.25) is 0 Å². The molecule has 1 aliphatic heterocycles. The van der Waals surface area contributed by atoms with Crippen molar-refractivity contribution in [3.05, 3.63) is 41.1 Å². The van der Waals surface area contributed by atoms with Crippen LogP contribution in [0, 0.1) is 6.92 Å². The molecule has 2 heterocycles. The Morgan fingerprint density at radius 3 is 2.48 bits per heavy atom. The van der Waals surface area contributed by atoms with Crippen LogP contribution in [0.15, 0.2) is 27.5 Å². The molecule has 1 aliphatic carbocycles. The van der Waals surface area contributed by atoms with Gasteiger partial charge in [0.15, 0.2) is 0 Å². The Morgan fingerprint density at radius 2 is 1.78 bits per heavy atom. The lowest BCUT2D eigenvalue weighted by molar-refractivity contribution is 0.186. The molecular formula is C19H26N4O3S. The molecular weight excluding hydrogens is 364 g/mol. The van der Waals surface area contributed by atoms with Crippen molar-refractivity contribution in [3.63, 3.8) is 0 Å². The van der Waals surface area contributed by atoms with E-state index in [2.05, 4.69) is 15.1 Å².